The predicted molar refractivity (Wildman–Crippen MR) is 72.3 cm³/mol. The molecule has 0 atom stereocenters. The number of ether oxygens (including phenoxy) is 1. The van der Waals surface area contributed by atoms with Gasteiger partial charge in [0, 0.05) is 0 Å². The topological polar surface area (TPSA) is 110 Å². The van der Waals surface area contributed by atoms with Crippen molar-refractivity contribution in [3.63, 3.8) is 0 Å². The number of carbonyl (C=O) groups excluding carboxylic acids is 1. The van der Waals surface area contributed by atoms with Crippen LogP contribution in [-0.2, 0) is 0 Å². The first kappa shape index (κ1) is 14.7. The number of aromatic carboxylic acids is 1. The van der Waals surface area contributed by atoms with Crippen molar-refractivity contribution in [3.05, 3.63) is 40.3 Å². The maximum atomic E-state index is 11.1. The molecular weight excluding hydrogens is 300 g/mol. The Hall–Kier alpha value is -2.67. The number of pyridine rings is 2. The Labute approximate surface area is 123 Å². The summed E-state index contributed by atoms with van der Waals surface area (Å²) in [7, 11) is 0. The van der Waals surface area contributed by atoms with E-state index in [0.29, 0.717) is 6.29 Å². The molecule has 8 heteroatoms. The first-order chi connectivity index (χ1) is 9.93. The summed E-state index contributed by atoms with van der Waals surface area (Å²) < 4.78 is 5.28. The summed E-state index contributed by atoms with van der Waals surface area (Å²) in [5.74, 6) is -2.04. The highest BCUT2D eigenvalue weighted by Gasteiger charge is 2.18. The third-order valence-electron chi connectivity index (χ3n) is 2.62. The summed E-state index contributed by atoms with van der Waals surface area (Å²) in [5.41, 5.74) is -0.154. The van der Waals surface area contributed by atoms with Gasteiger partial charge >= 0.3 is 5.97 Å². The van der Waals surface area contributed by atoms with Crippen LogP contribution < -0.4 is 4.74 Å². The van der Waals surface area contributed by atoms with Crippen molar-refractivity contribution in [2.45, 2.75) is 6.92 Å². The first-order valence-corrected chi connectivity index (χ1v) is 6.03. The number of carbonyl (C=O) groups is 2. The first-order valence-electron chi connectivity index (χ1n) is 5.65. The molecule has 108 valence electrons. The van der Waals surface area contributed by atoms with E-state index >= 15 is 0 Å². The van der Waals surface area contributed by atoms with Gasteiger partial charge in [0.05, 0.1) is 11.9 Å². The van der Waals surface area contributed by atoms with Gasteiger partial charge in [-0.25, -0.2) is 9.78 Å². The largest absolute Gasteiger partial charge is 0.505 e. The van der Waals surface area contributed by atoms with Gasteiger partial charge in [0.2, 0.25) is 5.88 Å². The molecule has 2 aromatic rings. The van der Waals surface area contributed by atoms with E-state index in [1.807, 2.05) is 0 Å². The molecule has 0 bridgehead atoms. The molecule has 0 amide bonds. The molecule has 2 aromatic heterocycles. The summed E-state index contributed by atoms with van der Waals surface area (Å²) in [4.78, 5) is 29.7. The highest BCUT2D eigenvalue weighted by molar-refractivity contribution is 6.29. The minimum Gasteiger partial charge on any atom is -0.505 e. The molecule has 0 aromatic carbocycles. The molecule has 0 aliphatic rings. The number of carboxylic acids is 1. The number of halogens is 1. The molecule has 0 unspecified atom stereocenters. The van der Waals surface area contributed by atoms with Crippen LogP contribution in [-0.4, -0.2) is 32.4 Å². The van der Waals surface area contributed by atoms with Crippen LogP contribution in [0.25, 0.3) is 0 Å². The third-order valence-corrected chi connectivity index (χ3v) is 2.83. The number of hydrogen-bond acceptors (Lipinski definition) is 6. The van der Waals surface area contributed by atoms with Crippen molar-refractivity contribution in [1.29, 1.82) is 0 Å². The molecule has 0 radical (unpaired) electrons. The second-order valence-corrected chi connectivity index (χ2v) is 4.37. The van der Waals surface area contributed by atoms with Gasteiger partial charge < -0.3 is 14.9 Å². The fraction of sp³-hybridized carbons (Fsp3) is 0.0769. The minimum absolute atomic E-state index is 0.0203. The molecule has 0 saturated carbocycles. The lowest BCUT2D eigenvalue weighted by Gasteiger charge is -2.11. The van der Waals surface area contributed by atoms with Gasteiger partial charge in [-0.05, 0) is 19.1 Å². The monoisotopic (exact) mass is 308 g/mol. The fourth-order valence-electron chi connectivity index (χ4n) is 1.56. The number of nitrogens with zero attached hydrogens (tertiary/aromatic N) is 2. The number of hydrogen-bond donors (Lipinski definition) is 2. The molecule has 0 spiro atoms. The number of aldehydes is 1. The van der Waals surface area contributed by atoms with E-state index in [4.69, 9.17) is 21.4 Å². The third kappa shape index (κ3) is 2.92. The summed E-state index contributed by atoms with van der Waals surface area (Å²) in [6.45, 7) is 1.51. The smallest absolute Gasteiger partial charge is 0.341 e. The van der Waals surface area contributed by atoms with Crippen molar-refractivity contribution in [2.24, 2.45) is 0 Å². The number of aromatic nitrogens is 2. The molecule has 7 nitrogen and oxygen atoms in total. The zero-order valence-electron chi connectivity index (χ0n) is 10.7. The molecule has 21 heavy (non-hydrogen) atoms. The lowest BCUT2D eigenvalue weighted by Crippen LogP contribution is -2.03. The molecule has 2 rings (SSSR count). The van der Waals surface area contributed by atoms with Gasteiger partial charge in [-0.3, -0.25) is 9.78 Å². The summed E-state index contributed by atoms with van der Waals surface area (Å²) in [6.07, 6.45) is 1.57. The standard InChI is InChI=1S/C13H9ClN2O5/c1-6-11(18)8(5-17)9(4-15-6)21-12-7(13(19)20)2-3-10(14)16-12/h2-5,18H,1H3,(H,19,20). The summed E-state index contributed by atoms with van der Waals surface area (Å²) in [6, 6.07) is 2.51. The van der Waals surface area contributed by atoms with Crippen LogP contribution in [0.15, 0.2) is 18.3 Å². The predicted octanol–water partition coefficient (Wildman–Crippen LogP) is 2.45. The Morgan fingerprint density at radius 3 is 2.76 bits per heavy atom. The van der Waals surface area contributed by atoms with Crippen LogP contribution in [0.3, 0.4) is 0 Å². The Balaban J connectivity index is 2.53. The van der Waals surface area contributed by atoms with E-state index in [-0.39, 0.29) is 39.4 Å². The van der Waals surface area contributed by atoms with E-state index in [9.17, 15) is 14.7 Å². The lowest BCUT2D eigenvalue weighted by atomic mass is 10.2. The van der Waals surface area contributed by atoms with Crippen molar-refractivity contribution < 1.29 is 24.5 Å². The van der Waals surface area contributed by atoms with Crippen molar-refractivity contribution in [1.82, 2.24) is 9.97 Å². The van der Waals surface area contributed by atoms with E-state index in [2.05, 4.69) is 9.97 Å². The fourth-order valence-corrected chi connectivity index (χ4v) is 1.70. The van der Waals surface area contributed by atoms with Gasteiger partial charge in [0.1, 0.15) is 16.3 Å². The second-order valence-electron chi connectivity index (χ2n) is 3.98. The van der Waals surface area contributed by atoms with Crippen LogP contribution in [0.5, 0.6) is 17.4 Å². The average molecular weight is 309 g/mol. The average Bonchev–Trinajstić information content (AvgIpc) is 2.43. The second kappa shape index (κ2) is 5.76. The molecule has 0 aliphatic heterocycles. The van der Waals surface area contributed by atoms with Gasteiger partial charge in [-0.1, -0.05) is 11.6 Å². The Bertz CT molecular complexity index is 733. The van der Waals surface area contributed by atoms with E-state index in [1.54, 1.807) is 0 Å². The summed E-state index contributed by atoms with van der Waals surface area (Å²) in [5, 5.41) is 18.8. The van der Waals surface area contributed by atoms with Crippen LogP contribution >= 0.6 is 11.6 Å². The lowest BCUT2D eigenvalue weighted by molar-refractivity contribution is 0.0693. The maximum Gasteiger partial charge on any atom is 0.341 e. The number of rotatable bonds is 4. The SMILES string of the molecule is Cc1ncc(Oc2nc(Cl)ccc2C(=O)O)c(C=O)c1O. The number of aromatic hydroxyl groups is 1. The quantitative estimate of drug-likeness (QED) is 0.659. The number of aryl methyl sites for hydroxylation is 1. The Morgan fingerprint density at radius 2 is 2.14 bits per heavy atom. The van der Waals surface area contributed by atoms with E-state index < -0.39 is 5.97 Å². The van der Waals surface area contributed by atoms with Crippen LogP contribution in [0, 0.1) is 6.92 Å². The highest BCUT2D eigenvalue weighted by atomic mass is 35.5. The Morgan fingerprint density at radius 1 is 1.43 bits per heavy atom. The molecule has 2 N–H and O–H groups in total. The summed E-state index contributed by atoms with van der Waals surface area (Å²) >= 11 is 5.70. The normalized spacial score (nSPS) is 10.2. The van der Waals surface area contributed by atoms with Gasteiger partial charge in [0.15, 0.2) is 17.8 Å². The van der Waals surface area contributed by atoms with Gasteiger partial charge in [-0.2, -0.15) is 0 Å². The molecular formula is C13H9ClN2O5. The van der Waals surface area contributed by atoms with Gasteiger partial charge in [-0.15, -0.1) is 0 Å². The van der Waals surface area contributed by atoms with E-state index in [0.717, 1.165) is 0 Å². The van der Waals surface area contributed by atoms with E-state index in [1.165, 1.54) is 25.3 Å². The number of carboxylic acid groups (broad SMARTS) is 1. The maximum absolute atomic E-state index is 11.1. The molecule has 0 fully saturated rings. The van der Waals surface area contributed by atoms with Crippen LogP contribution in [0.2, 0.25) is 5.15 Å². The van der Waals surface area contributed by atoms with Crippen molar-refractivity contribution in [2.75, 3.05) is 0 Å². The molecule has 0 aliphatic carbocycles. The zero-order valence-corrected chi connectivity index (χ0v) is 11.5. The van der Waals surface area contributed by atoms with Crippen LogP contribution in [0.4, 0.5) is 0 Å². The minimum atomic E-state index is -1.27. The highest BCUT2D eigenvalue weighted by Crippen LogP contribution is 2.32. The Kier molecular flexibility index (Phi) is 4.04. The van der Waals surface area contributed by atoms with Crippen LogP contribution in [0.1, 0.15) is 26.4 Å². The van der Waals surface area contributed by atoms with Crippen molar-refractivity contribution >= 4 is 23.9 Å². The van der Waals surface area contributed by atoms with Crippen molar-refractivity contribution in [3.8, 4) is 17.4 Å². The molecule has 2 heterocycles. The molecule has 0 saturated heterocycles. The van der Waals surface area contributed by atoms with Gasteiger partial charge in [0.25, 0.3) is 0 Å². The zero-order chi connectivity index (χ0) is 15.6.